The molecule has 0 saturated carbocycles. The Morgan fingerprint density at radius 1 is 0.886 bits per heavy atom. The number of thiophene rings is 1. The Hall–Kier alpha value is -4.25. The summed E-state index contributed by atoms with van der Waals surface area (Å²) < 4.78 is 5.46. The first-order chi connectivity index (χ1) is 20.9. The number of piperidine rings is 1. The molecule has 2 aromatic carbocycles. The van der Waals surface area contributed by atoms with Crippen molar-refractivity contribution in [3.05, 3.63) is 65.5 Å². The first-order valence-corrected chi connectivity index (χ1v) is 15.9. The molecule has 0 radical (unpaired) electrons. The van der Waals surface area contributed by atoms with Crippen LogP contribution in [0.1, 0.15) is 50.9 Å². The van der Waals surface area contributed by atoms with Gasteiger partial charge in [0.25, 0.3) is 5.91 Å². The van der Waals surface area contributed by atoms with Crippen molar-refractivity contribution in [2.75, 3.05) is 55.6 Å². The van der Waals surface area contributed by atoms with Crippen molar-refractivity contribution in [1.82, 2.24) is 14.7 Å². The third kappa shape index (κ3) is 7.63. The van der Waals surface area contributed by atoms with Crippen LogP contribution in [-0.2, 0) is 4.74 Å². The Morgan fingerprint density at radius 2 is 1.52 bits per heavy atom. The largest absolute Gasteiger partial charge is 0.444 e. The highest BCUT2D eigenvalue weighted by Crippen LogP contribution is 2.31. The van der Waals surface area contributed by atoms with E-state index in [-0.39, 0.29) is 23.6 Å². The number of benzene rings is 2. The molecule has 0 bridgehead atoms. The normalized spacial score (nSPS) is 16.8. The Bertz CT molecular complexity index is 1470. The summed E-state index contributed by atoms with van der Waals surface area (Å²) in [4.78, 5) is 45.1. The maximum absolute atomic E-state index is 13.2. The van der Waals surface area contributed by atoms with E-state index in [0.717, 1.165) is 29.0 Å². The van der Waals surface area contributed by atoms with Gasteiger partial charge in [0.05, 0.1) is 11.4 Å². The van der Waals surface area contributed by atoms with Crippen molar-refractivity contribution in [1.29, 1.82) is 0 Å². The van der Waals surface area contributed by atoms with E-state index in [2.05, 4.69) is 17.6 Å². The number of nitrogens with two attached hydrogens (primary N) is 1. The van der Waals surface area contributed by atoms with Crippen LogP contribution < -0.4 is 16.4 Å². The fourth-order valence-electron chi connectivity index (χ4n) is 5.43. The second-order valence-corrected chi connectivity index (χ2v) is 13.7. The molecule has 4 N–H and O–H groups in total. The zero-order chi connectivity index (χ0) is 31.5. The molecule has 2 saturated heterocycles. The van der Waals surface area contributed by atoms with Crippen LogP contribution in [0.25, 0.3) is 10.4 Å². The number of carbonyl (C=O) groups is 3. The number of urea groups is 1. The van der Waals surface area contributed by atoms with Gasteiger partial charge in [0.1, 0.15) is 5.60 Å². The lowest BCUT2D eigenvalue weighted by atomic mass is 9.89. The lowest BCUT2D eigenvalue weighted by molar-refractivity contribution is 0.0153. The van der Waals surface area contributed by atoms with Gasteiger partial charge >= 0.3 is 12.1 Å². The number of rotatable bonds is 5. The van der Waals surface area contributed by atoms with Crippen LogP contribution in [0.2, 0.25) is 0 Å². The highest BCUT2D eigenvalue weighted by molar-refractivity contribution is 7.13. The molecule has 0 aliphatic carbocycles. The smallest absolute Gasteiger partial charge is 0.410 e. The molecule has 0 unspecified atom stereocenters. The van der Waals surface area contributed by atoms with Crippen molar-refractivity contribution >= 4 is 46.4 Å². The molecule has 10 nitrogen and oxygen atoms in total. The van der Waals surface area contributed by atoms with Gasteiger partial charge in [-0.05, 0) is 93.9 Å². The number of carbonyl (C=O) groups excluding carboxylic acids is 3. The van der Waals surface area contributed by atoms with E-state index in [9.17, 15) is 14.4 Å². The molecule has 5 rings (SSSR count). The van der Waals surface area contributed by atoms with Crippen LogP contribution >= 0.6 is 11.3 Å². The Kier molecular flexibility index (Phi) is 9.05. The summed E-state index contributed by atoms with van der Waals surface area (Å²) >= 11 is 1.63. The van der Waals surface area contributed by atoms with E-state index in [1.165, 1.54) is 0 Å². The summed E-state index contributed by atoms with van der Waals surface area (Å²) in [6.07, 6.45) is 1.25. The zero-order valence-electron chi connectivity index (χ0n) is 25.9. The number of piperazine rings is 1. The minimum absolute atomic E-state index is 0.0211. The summed E-state index contributed by atoms with van der Waals surface area (Å²) in [6.45, 7) is 10.9. The highest BCUT2D eigenvalue weighted by Gasteiger charge is 2.35. The van der Waals surface area contributed by atoms with Gasteiger partial charge in [-0.1, -0.05) is 12.1 Å². The molecular weight excluding hydrogens is 576 g/mol. The average molecular weight is 619 g/mol. The van der Waals surface area contributed by atoms with E-state index in [0.29, 0.717) is 56.2 Å². The molecule has 4 amide bonds. The molecule has 3 aromatic rings. The molecule has 3 heterocycles. The van der Waals surface area contributed by atoms with Gasteiger partial charge in [-0.2, -0.15) is 0 Å². The molecule has 2 aliphatic heterocycles. The van der Waals surface area contributed by atoms with Gasteiger partial charge in [-0.15, -0.1) is 11.3 Å². The number of amides is 4. The van der Waals surface area contributed by atoms with Crippen LogP contribution in [-0.4, -0.2) is 83.1 Å². The Morgan fingerprint density at radius 3 is 2.14 bits per heavy atom. The van der Waals surface area contributed by atoms with Gasteiger partial charge in [0.15, 0.2) is 0 Å². The van der Waals surface area contributed by atoms with Crippen molar-refractivity contribution in [2.24, 2.45) is 0 Å². The van der Waals surface area contributed by atoms with Crippen LogP contribution in [0.5, 0.6) is 0 Å². The van der Waals surface area contributed by atoms with Crippen molar-refractivity contribution in [3.63, 3.8) is 0 Å². The molecule has 2 aliphatic rings. The number of anilines is 3. The lowest BCUT2D eigenvalue weighted by Crippen LogP contribution is -2.57. The van der Waals surface area contributed by atoms with Crippen LogP contribution in [0.3, 0.4) is 0 Å². The SMILES string of the molecule is CC1(Nc2ccc(C(=O)Nc3cc(-c4cccs4)ccc3N)cc2)CCN(C(=O)N2CCN(C(=O)OC(C)(C)C)CC2)CC1. The molecule has 0 spiro atoms. The lowest BCUT2D eigenvalue weighted by Gasteiger charge is -2.43. The van der Waals surface area contributed by atoms with Gasteiger partial charge in [-0.3, -0.25) is 4.79 Å². The molecule has 2 fully saturated rings. The molecule has 0 atom stereocenters. The van der Waals surface area contributed by atoms with Gasteiger partial charge in [0.2, 0.25) is 0 Å². The predicted octanol–water partition coefficient (Wildman–Crippen LogP) is 6.19. The van der Waals surface area contributed by atoms with E-state index < -0.39 is 5.60 Å². The van der Waals surface area contributed by atoms with E-state index in [4.69, 9.17) is 10.5 Å². The zero-order valence-corrected chi connectivity index (χ0v) is 26.7. The van der Waals surface area contributed by atoms with Gasteiger partial charge < -0.3 is 35.8 Å². The van der Waals surface area contributed by atoms with Crippen molar-refractivity contribution in [3.8, 4) is 10.4 Å². The summed E-state index contributed by atoms with van der Waals surface area (Å²) in [7, 11) is 0. The third-order valence-corrected chi connectivity index (χ3v) is 8.96. The van der Waals surface area contributed by atoms with Crippen molar-refractivity contribution in [2.45, 2.75) is 51.7 Å². The standard InChI is InChI=1S/C33H42N6O4S/c1-32(2,3)43-31(42)39-19-17-38(18-20-39)30(41)37-15-13-33(4,14-16-37)36-25-10-7-23(8-11-25)29(40)35-27-22-24(9-12-26(27)34)28-6-5-21-44-28/h5-12,21-22,36H,13-20,34H2,1-4H3,(H,35,40). The summed E-state index contributed by atoms with van der Waals surface area (Å²) in [6, 6.07) is 17.1. The van der Waals surface area contributed by atoms with E-state index in [1.54, 1.807) is 28.4 Å². The number of nitrogens with zero attached hydrogens (tertiary/aromatic N) is 3. The summed E-state index contributed by atoms with van der Waals surface area (Å²) in [5.41, 5.74) is 8.98. The topological polar surface area (TPSA) is 120 Å². The number of nitrogens with one attached hydrogen (secondary N) is 2. The molecule has 44 heavy (non-hydrogen) atoms. The highest BCUT2D eigenvalue weighted by atomic mass is 32.1. The molecular formula is C33H42N6O4S. The number of hydrogen-bond donors (Lipinski definition) is 3. The second-order valence-electron chi connectivity index (χ2n) is 12.7. The summed E-state index contributed by atoms with van der Waals surface area (Å²) in [5, 5.41) is 8.59. The van der Waals surface area contributed by atoms with E-state index in [1.807, 2.05) is 78.4 Å². The quantitative estimate of drug-likeness (QED) is 0.294. The molecule has 11 heteroatoms. The first-order valence-electron chi connectivity index (χ1n) is 15.0. The average Bonchev–Trinajstić information content (AvgIpc) is 3.53. The van der Waals surface area contributed by atoms with Crippen LogP contribution in [0, 0.1) is 0 Å². The van der Waals surface area contributed by atoms with Crippen LogP contribution in [0.4, 0.5) is 26.7 Å². The fourth-order valence-corrected chi connectivity index (χ4v) is 6.16. The Balaban J connectivity index is 1.10. The second kappa shape index (κ2) is 12.8. The fraction of sp³-hybridized carbons (Fsp3) is 0.424. The Labute approximate surface area is 263 Å². The number of ether oxygens (including phenoxy) is 1. The minimum Gasteiger partial charge on any atom is -0.444 e. The van der Waals surface area contributed by atoms with Crippen LogP contribution in [0.15, 0.2) is 60.0 Å². The molecule has 1 aromatic heterocycles. The third-order valence-electron chi connectivity index (χ3n) is 8.04. The minimum atomic E-state index is -0.540. The number of hydrogen-bond acceptors (Lipinski definition) is 7. The predicted molar refractivity (Wildman–Crippen MR) is 176 cm³/mol. The number of nitrogen functional groups attached to an aromatic ring is 1. The number of likely N-dealkylation sites (tertiary alicyclic amines) is 1. The van der Waals surface area contributed by atoms with Crippen molar-refractivity contribution < 1.29 is 19.1 Å². The maximum Gasteiger partial charge on any atom is 0.410 e. The monoisotopic (exact) mass is 618 g/mol. The van der Waals surface area contributed by atoms with Gasteiger partial charge in [0, 0.05) is 60.9 Å². The maximum atomic E-state index is 13.2. The van der Waals surface area contributed by atoms with E-state index >= 15 is 0 Å². The first kappa shape index (κ1) is 31.2. The molecule has 234 valence electrons. The van der Waals surface area contributed by atoms with Gasteiger partial charge in [-0.25, -0.2) is 9.59 Å². The summed E-state index contributed by atoms with van der Waals surface area (Å²) in [5.74, 6) is -0.225.